The van der Waals surface area contributed by atoms with E-state index in [9.17, 15) is 18.0 Å². The standard InChI is InChI=1S/C16H13F3N2O2/c1-23-14-8-3-2-7-13(14)15(22)21-20-10-11-5-4-6-12(9-11)16(17,18)19/h2-10H,1H3,(H,21,22)/b20-10+. The summed E-state index contributed by atoms with van der Waals surface area (Å²) < 4.78 is 42.8. The Kier molecular flexibility index (Phi) is 5.00. The molecule has 0 aliphatic rings. The second-order valence-corrected chi connectivity index (χ2v) is 4.52. The van der Waals surface area contributed by atoms with Crippen molar-refractivity contribution in [3.05, 3.63) is 65.2 Å². The maximum absolute atomic E-state index is 12.6. The number of rotatable bonds is 4. The minimum Gasteiger partial charge on any atom is -0.496 e. The summed E-state index contributed by atoms with van der Waals surface area (Å²) in [6.07, 6.45) is -3.28. The molecular formula is C16H13F3N2O2. The van der Waals surface area contributed by atoms with Gasteiger partial charge in [0.05, 0.1) is 24.5 Å². The number of carbonyl (C=O) groups excluding carboxylic acids is 1. The number of ether oxygens (including phenoxy) is 1. The quantitative estimate of drug-likeness (QED) is 0.692. The van der Waals surface area contributed by atoms with Crippen molar-refractivity contribution in [2.24, 2.45) is 5.10 Å². The van der Waals surface area contributed by atoms with Crippen LogP contribution in [0.15, 0.2) is 53.6 Å². The maximum Gasteiger partial charge on any atom is 0.416 e. The summed E-state index contributed by atoms with van der Waals surface area (Å²) in [6, 6.07) is 11.2. The van der Waals surface area contributed by atoms with E-state index in [0.717, 1.165) is 18.3 Å². The lowest BCUT2D eigenvalue weighted by Gasteiger charge is -2.07. The highest BCUT2D eigenvalue weighted by atomic mass is 19.4. The van der Waals surface area contributed by atoms with E-state index >= 15 is 0 Å². The van der Waals surface area contributed by atoms with Crippen LogP contribution < -0.4 is 10.2 Å². The third-order valence-corrected chi connectivity index (χ3v) is 2.95. The van der Waals surface area contributed by atoms with Crippen molar-refractivity contribution in [2.45, 2.75) is 6.18 Å². The molecule has 0 heterocycles. The Bertz CT molecular complexity index is 727. The molecule has 2 aromatic rings. The van der Waals surface area contributed by atoms with Crippen molar-refractivity contribution in [3.8, 4) is 5.75 Å². The molecule has 0 aliphatic carbocycles. The van der Waals surface area contributed by atoms with Crippen LogP contribution in [0.4, 0.5) is 13.2 Å². The van der Waals surface area contributed by atoms with E-state index in [-0.39, 0.29) is 11.1 Å². The number of para-hydroxylation sites is 1. The van der Waals surface area contributed by atoms with E-state index in [4.69, 9.17) is 4.74 Å². The van der Waals surface area contributed by atoms with Crippen LogP contribution in [-0.4, -0.2) is 19.2 Å². The van der Waals surface area contributed by atoms with Crippen LogP contribution in [0.2, 0.25) is 0 Å². The Balaban J connectivity index is 2.09. The molecular weight excluding hydrogens is 309 g/mol. The average molecular weight is 322 g/mol. The second kappa shape index (κ2) is 6.95. The largest absolute Gasteiger partial charge is 0.496 e. The number of amides is 1. The molecule has 0 radical (unpaired) electrons. The molecule has 0 spiro atoms. The number of benzene rings is 2. The van der Waals surface area contributed by atoms with Gasteiger partial charge in [-0.1, -0.05) is 24.3 Å². The first-order valence-corrected chi connectivity index (χ1v) is 6.55. The summed E-state index contributed by atoms with van der Waals surface area (Å²) in [6.45, 7) is 0. The third-order valence-electron chi connectivity index (χ3n) is 2.95. The van der Waals surface area contributed by atoms with E-state index in [0.29, 0.717) is 5.75 Å². The summed E-state index contributed by atoms with van der Waals surface area (Å²) in [7, 11) is 1.43. The molecule has 120 valence electrons. The van der Waals surface area contributed by atoms with E-state index in [1.165, 1.54) is 19.2 Å². The number of hydrogen-bond donors (Lipinski definition) is 1. The normalized spacial score (nSPS) is 11.5. The lowest BCUT2D eigenvalue weighted by Crippen LogP contribution is -2.18. The zero-order valence-electron chi connectivity index (χ0n) is 12.1. The highest BCUT2D eigenvalue weighted by Crippen LogP contribution is 2.29. The Morgan fingerprint density at radius 2 is 1.91 bits per heavy atom. The summed E-state index contributed by atoms with van der Waals surface area (Å²) in [5, 5.41) is 3.67. The van der Waals surface area contributed by atoms with Gasteiger partial charge in [-0.3, -0.25) is 4.79 Å². The first kappa shape index (κ1) is 16.5. The highest BCUT2D eigenvalue weighted by Gasteiger charge is 2.30. The highest BCUT2D eigenvalue weighted by molar-refractivity contribution is 5.97. The van der Waals surface area contributed by atoms with Gasteiger partial charge in [0.2, 0.25) is 0 Å². The van der Waals surface area contributed by atoms with E-state index < -0.39 is 17.6 Å². The Labute approximate surface area is 130 Å². The van der Waals surface area contributed by atoms with E-state index in [2.05, 4.69) is 10.5 Å². The van der Waals surface area contributed by atoms with Gasteiger partial charge in [0.25, 0.3) is 5.91 Å². The molecule has 0 unspecified atom stereocenters. The Morgan fingerprint density at radius 1 is 1.17 bits per heavy atom. The van der Waals surface area contributed by atoms with E-state index in [1.807, 2.05) is 0 Å². The maximum atomic E-state index is 12.6. The number of alkyl halides is 3. The fourth-order valence-electron chi connectivity index (χ4n) is 1.85. The van der Waals surface area contributed by atoms with Crippen molar-refractivity contribution in [1.82, 2.24) is 5.43 Å². The molecule has 0 atom stereocenters. The first-order chi connectivity index (χ1) is 10.9. The van der Waals surface area contributed by atoms with Crippen molar-refractivity contribution in [3.63, 3.8) is 0 Å². The van der Waals surface area contributed by atoms with Gasteiger partial charge in [0, 0.05) is 0 Å². The molecule has 0 aliphatic heterocycles. The van der Waals surface area contributed by atoms with Crippen molar-refractivity contribution >= 4 is 12.1 Å². The van der Waals surface area contributed by atoms with Gasteiger partial charge in [-0.05, 0) is 29.8 Å². The molecule has 23 heavy (non-hydrogen) atoms. The van der Waals surface area contributed by atoms with Crippen LogP contribution in [0.1, 0.15) is 21.5 Å². The summed E-state index contributed by atoms with van der Waals surface area (Å²) in [4.78, 5) is 12.0. The van der Waals surface area contributed by atoms with Crippen LogP contribution in [0.5, 0.6) is 5.75 Å². The molecule has 0 bridgehead atoms. The first-order valence-electron chi connectivity index (χ1n) is 6.55. The second-order valence-electron chi connectivity index (χ2n) is 4.52. The number of methoxy groups -OCH3 is 1. The minimum atomic E-state index is -4.43. The van der Waals surface area contributed by atoms with Crippen molar-refractivity contribution in [1.29, 1.82) is 0 Å². The van der Waals surface area contributed by atoms with Gasteiger partial charge in [0.1, 0.15) is 5.75 Å². The molecule has 0 saturated heterocycles. The van der Waals surface area contributed by atoms with Gasteiger partial charge in [-0.25, -0.2) is 5.43 Å². The molecule has 0 aromatic heterocycles. The monoisotopic (exact) mass is 322 g/mol. The fraction of sp³-hybridized carbons (Fsp3) is 0.125. The molecule has 0 fully saturated rings. The molecule has 7 heteroatoms. The van der Waals surface area contributed by atoms with Gasteiger partial charge < -0.3 is 4.74 Å². The fourth-order valence-corrected chi connectivity index (χ4v) is 1.85. The Morgan fingerprint density at radius 3 is 2.61 bits per heavy atom. The van der Waals surface area contributed by atoms with Crippen LogP contribution in [0, 0.1) is 0 Å². The predicted octanol–water partition coefficient (Wildman–Crippen LogP) is 3.48. The summed E-state index contributed by atoms with van der Waals surface area (Å²) in [5.74, 6) is -0.148. The zero-order valence-corrected chi connectivity index (χ0v) is 12.1. The molecule has 1 N–H and O–H groups in total. The van der Waals surface area contributed by atoms with Crippen LogP contribution in [-0.2, 0) is 6.18 Å². The van der Waals surface area contributed by atoms with E-state index in [1.54, 1.807) is 24.3 Å². The van der Waals surface area contributed by atoms with Crippen LogP contribution in [0.3, 0.4) is 0 Å². The van der Waals surface area contributed by atoms with Gasteiger partial charge >= 0.3 is 6.18 Å². The number of carbonyl (C=O) groups is 1. The predicted molar refractivity (Wildman–Crippen MR) is 79.5 cm³/mol. The number of nitrogens with zero attached hydrogens (tertiary/aromatic N) is 1. The Hall–Kier alpha value is -2.83. The smallest absolute Gasteiger partial charge is 0.416 e. The molecule has 1 amide bonds. The number of hydrazone groups is 1. The summed E-state index contributed by atoms with van der Waals surface area (Å²) >= 11 is 0. The van der Waals surface area contributed by atoms with Crippen LogP contribution >= 0.6 is 0 Å². The third kappa shape index (κ3) is 4.32. The topological polar surface area (TPSA) is 50.7 Å². The van der Waals surface area contributed by atoms with Crippen molar-refractivity contribution < 1.29 is 22.7 Å². The lowest BCUT2D eigenvalue weighted by molar-refractivity contribution is -0.137. The van der Waals surface area contributed by atoms with Crippen LogP contribution in [0.25, 0.3) is 0 Å². The SMILES string of the molecule is COc1ccccc1C(=O)N/N=C/c1cccc(C(F)(F)F)c1. The number of nitrogens with one attached hydrogen (secondary N) is 1. The lowest BCUT2D eigenvalue weighted by atomic mass is 10.1. The zero-order chi connectivity index (χ0) is 16.9. The van der Waals surface area contributed by atoms with Crippen molar-refractivity contribution in [2.75, 3.05) is 7.11 Å². The average Bonchev–Trinajstić information content (AvgIpc) is 2.54. The minimum absolute atomic E-state index is 0.222. The molecule has 2 aromatic carbocycles. The molecule has 2 rings (SSSR count). The van der Waals surface area contributed by atoms with Gasteiger partial charge in [-0.2, -0.15) is 18.3 Å². The number of halogens is 3. The molecule has 0 saturated carbocycles. The summed E-state index contributed by atoms with van der Waals surface area (Å²) in [5.41, 5.74) is 1.97. The molecule has 4 nitrogen and oxygen atoms in total. The van der Waals surface area contributed by atoms with Gasteiger partial charge in [-0.15, -0.1) is 0 Å². The van der Waals surface area contributed by atoms with Gasteiger partial charge in [0.15, 0.2) is 0 Å². The number of hydrogen-bond acceptors (Lipinski definition) is 3.